The van der Waals surface area contributed by atoms with Gasteiger partial charge in [-0.3, -0.25) is 0 Å². The molecular formula is C17H16N2. The number of rotatable bonds is 3. The topological polar surface area (TPSA) is 27.0 Å². The zero-order valence-electron chi connectivity index (χ0n) is 11.2. The zero-order chi connectivity index (χ0) is 13.7. The largest absolute Gasteiger partial charge is 0.378 e. The van der Waals surface area contributed by atoms with Crippen LogP contribution in [0.15, 0.2) is 48.5 Å². The van der Waals surface area contributed by atoms with Gasteiger partial charge in [0.2, 0.25) is 0 Å². The van der Waals surface area contributed by atoms with E-state index in [-0.39, 0.29) is 0 Å². The van der Waals surface area contributed by atoms with Crippen molar-refractivity contribution in [2.75, 3.05) is 19.0 Å². The second-order valence-electron chi connectivity index (χ2n) is 4.55. The summed E-state index contributed by atoms with van der Waals surface area (Å²) < 4.78 is 0. The highest BCUT2D eigenvalue weighted by Crippen LogP contribution is 2.14. The van der Waals surface area contributed by atoms with Gasteiger partial charge in [0.15, 0.2) is 0 Å². The first kappa shape index (κ1) is 12.9. The number of hydrogen-bond acceptors (Lipinski definition) is 2. The van der Waals surface area contributed by atoms with Crippen LogP contribution in [-0.2, 0) is 0 Å². The fraction of sp³-hybridized carbons (Fsp3) is 0.118. The minimum absolute atomic E-state index is 0.687. The van der Waals surface area contributed by atoms with Gasteiger partial charge in [0.25, 0.3) is 0 Å². The van der Waals surface area contributed by atoms with Crippen LogP contribution in [0.3, 0.4) is 0 Å². The minimum Gasteiger partial charge on any atom is -0.378 e. The van der Waals surface area contributed by atoms with E-state index < -0.39 is 0 Å². The molecule has 2 rings (SSSR count). The molecule has 2 aromatic carbocycles. The van der Waals surface area contributed by atoms with Crippen LogP contribution in [0.5, 0.6) is 0 Å². The molecule has 0 saturated heterocycles. The Labute approximate surface area is 114 Å². The summed E-state index contributed by atoms with van der Waals surface area (Å²) in [4.78, 5) is 2.08. The maximum Gasteiger partial charge on any atom is 0.0991 e. The summed E-state index contributed by atoms with van der Waals surface area (Å²) in [7, 11) is 4.06. The summed E-state index contributed by atoms with van der Waals surface area (Å²) in [5, 5.41) is 8.74. The van der Waals surface area contributed by atoms with Crippen LogP contribution in [0.25, 0.3) is 12.2 Å². The predicted octanol–water partition coefficient (Wildman–Crippen LogP) is 3.79. The van der Waals surface area contributed by atoms with Gasteiger partial charge in [-0.15, -0.1) is 0 Å². The van der Waals surface area contributed by atoms with Crippen LogP contribution in [-0.4, -0.2) is 14.1 Å². The molecule has 0 heterocycles. The molecule has 0 spiro atoms. The SMILES string of the molecule is CN(C)c1ccc(/C=C/c2ccc(C#N)cc2)cc1. The lowest BCUT2D eigenvalue weighted by Gasteiger charge is -2.11. The molecule has 0 aliphatic heterocycles. The first-order chi connectivity index (χ1) is 9.19. The molecule has 0 radical (unpaired) electrons. The zero-order valence-corrected chi connectivity index (χ0v) is 11.2. The molecule has 2 nitrogen and oxygen atoms in total. The smallest absolute Gasteiger partial charge is 0.0991 e. The van der Waals surface area contributed by atoms with Gasteiger partial charge in [-0.05, 0) is 35.4 Å². The Bertz CT molecular complexity index is 599. The summed E-state index contributed by atoms with van der Waals surface area (Å²) in [6.45, 7) is 0. The van der Waals surface area contributed by atoms with Gasteiger partial charge in [0.05, 0.1) is 11.6 Å². The van der Waals surface area contributed by atoms with Crippen molar-refractivity contribution in [1.29, 1.82) is 5.26 Å². The number of anilines is 1. The van der Waals surface area contributed by atoms with Gasteiger partial charge < -0.3 is 4.90 Å². The maximum atomic E-state index is 8.74. The lowest BCUT2D eigenvalue weighted by Crippen LogP contribution is -2.07. The first-order valence-electron chi connectivity index (χ1n) is 6.15. The van der Waals surface area contributed by atoms with Crippen LogP contribution in [0.4, 0.5) is 5.69 Å². The second kappa shape index (κ2) is 5.88. The van der Waals surface area contributed by atoms with E-state index in [2.05, 4.69) is 41.3 Å². The normalized spacial score (nSPS) is 10.4. The summed E-state index contributed by atoms with van der Waals surface area (Å²) in [6.07, 6.45) is 4.12. The quantitative estimate of drug-likeness (QED) is 0.773. The number of benzene rings is 2. The van der Waals surface area contributed by atoms with E-state index in [1.165, 1.54) is 5.69 Å². The Balaban J connectivity index is 2.11. The Hall–Kier alpha value is -2.53. The number of nitriles is 1. The van der Waals surface area contributed by atoms with Gasteiger partial charge >= 0.3 is 0 Å². The molecule has 0 fully saturated rings. The highest BCUT2D eigenvalue weighted by atomic mass is 15.1. The van der Waals surface area contributed by atoms with E-state index in [1.54, 1.807) is 0 Å². The molecule has 94 valence electrons. The van der Waals surface area contributed by atoms with E-state index in [1.807, 2.05) is 44.4 Å². The van der Waals surface area contributed by atoms with Crippen molar-refractivity contribution >= 4 is 17.8 Å². The molecule has 0 aliphatic rings. The third-order valence-corrected chi connectivity index (χ3v) is 2.92. The molecule has 0 aliphatic carbocycles. The molecule has 0 atom stereocenters. The molecule has 0 unspecified atom stereocenters. The average molecular weight is 248 g/mol. The standard InChI is InChI=1S/C17H16N2/c1-19(2)17-11-9-15(10-12-17)4-3-14-5-7-16(13-18)8-6-14/h3-12H,1-2H3/b4-3+. The molecule has 2 heteroatoms. The first-order valence-corrected chi connectivity index (χ1v) is 6.15. The van der Waals surface area contributed by atoms with Crippen LogP contribution >= 0.6 is 0 Å². The van der Waals surface area contributed by atoms with E-state index in [4.69, 9.17) is 5.26 Å². The van der Waals surface area contributed by atoms with Gasteiger partial charge in [-0.1, -0.05) is 36.4 Å². The molecule has 0 amide bonds. The maximum absolute atomic E-state index is 8.74. The van der Waals surface area contributed by atoms with Crippen LogP contribution in [0.2, 0.25) is 0 Å². The third kappa shape index (κ3) is 3.46. The van der Waals surface area contributed by atoms with Crippen LogP contribution < -0.4 is 4.90 Å². The molecule has 0 saturated carbocycles. The van der Waals surface area contributed by atoms with E-state index in [0.29, 0.717) is 5.56 Å². The number of hydrogen-bond donors (Lipinski definition) is 0. The highest BCUT2D eigenvalue weighted by Gasteiger charge is 1.94. The van der Waals surface area contributed by atoms with E-state index >= 15 is 0 Å². The van der Waals surface area contributed by atoms with Gasteiger partial charge in [-0.25, -0.2) is 0 Å². The van der Waals surface area contributed by atoms with Crippen molar-refractivity contribution < 1.29 is 0 Å². The lowest BCUT2D eigenvalue weighted by molar-refractivity contribution is 1.13. The highest BCUT2D eigenvalue weighted by molar-refractivity contribution is 5.70. The van der Waals surface area contributed by atoms with Crippen molar-refractivity contribution in [3.63, 3.8) is 0 Å². The lowest BCUT2D eigenvalue weighted by atomic mass is 10.1. The average Bonchev–Trinajstić information content (AvgIpc) is 2.46. The Morgan fingerprint density at radius 3 is 1.74 bits per heavy atom. The Kier molecular flexibility index (Phi) is 4.00. The molecular weight excluding hydrogens is 232 g/mol. The predicted molar refractivity (Wildman–Crippen MR) is 80.9 cm³/mol. The summed E-state index contributed by atoms with van der Waals surface area (Å²) in [5.41, 5.74) is 4.13. The van der Waals surface area contributed by atoms with E-state index in [0.717, 1.165) is 11.1 Å². The van der Waals surface area contributed by atoms with Crippen molar-refractivity contribution in [2.45, 2.75) is 0 Å². The van der Waals surface area contributed by atoms with Crippen LogP contribution in [0, 0.1) is 11.3 Å². The third-order valence-electron chi connectivity index (χ3n) is 2.92. The van der Waals surface area contributed by atoms with Gasteiger partial charge in [-0.2, -0.15) is 5.26 Å². The summed E-state index contributed by atoms with van der Waals surface area (Å²) in [6, 6.07) is 18.0. The Morgan fingerprint density at radius 2 is 1.32 bits per heavy atom. The van der Waals surface area contributed by atoms with Gasteiger partial charge in [0.1, 0.15) is 0 Å². The fourth-order valence-electron chi connectivity index (χ4n) is 1.74. The fourth-order valence-corrected chi connectivity index (χ4v) is 1.74. The second-order valence-corrected chi connectivity index (χ2v) is 4.55. The van der Waals surface area contributed by atoms with Crippen molar-refractivity contribution in [1.82, 2.24) is 0 Å². The van der Waals surface area contributed by atoms with Crippen molar-refractivity contribution in [2.24, 2.45) is 0 Å². The molecule has 19 heavy (non-hydrogen) atoms. The summed E-state index contributed by atoms with van der Waals surface area (Å²) in [5.74, 6) is 0. The molecule has 2 aromatic rings. The van der Waals surface area contributed by atoms with Crippen LogP contribution in [0.1, 0.15) is 16.7 Å². The summed E-state index contributed by atoms with van der Waals surface area (Å²) >= 11 is 0. The number of nitrogens with zero attached hydrogens (tertiary/aromatic N) is 2. The monoisotopic (exact) mass is 248 g/mol. The Morgan fingerprint density at radius 1 is 0.842 bits per heavy atom. The molecule has 0 bridgehead atoms. The van der Waals surface area contributed by atoms with Crippen molar-refractivity contribution in [3.05, 3.63) is 65.2 Å². The minimum atomic E-state index is 0.687. The molecule has 0 N–H and O–H groups in total. The molecule has 0 aromatic heterocycles. The van der Waals surface area contributed by atoms with Gasteiger partial charge in [0, 0.05) is 19.8 Å². The van der Waals surface area contributed by atoms with Crippen molar-refractivity contribution in [3.8, 4) is 6.07 Å². The van der Waals surface area contributed by atoms with E-state index in [9.17, 15) is 0 Å².